The van der Waals surface area contributed by atoms with Crippen molar-refractivity contribution >= 4 is 28.2 Å². The Morgan fingerprint density at radius 1 is 1.29 bits per heavy atom. The molecule has 4 nitrogen and oxygen atoms in total. The van der Waals surface area contributed by atoms with E-state index in [1.165, 1.54) is 16.9 Å². The van der Waals surface area contributed by atoms with E-state index >= 15 is 0 Å². The van der Waals surface area contributed by atoms with E-state index in [1.807, 2.05) is 26.0 Å². The van der Waals surface area contributed by atoms with Crippen molar-refractivity contribution in [2.24, 2.45) is 5.41 Å². The third-order valence-corrected chi connectivity index (χ3v) is 5.39. The second kappa shape index (κ2) is 6.13. The summed E-state index contributed by atoms with van der Waals surface area (Å²) >= 11 is 1.30. The maximum atomic E-state index is 12.3. The van der Waals surface area contributed by atoms with Crippen molar-refractivity contribution in [1.29, 1.82) is 0 Å². The Bertz CT molecular complexity index is 821. The summed E-state index contributed by atoms with van der Waals surface area (Å²) in [5.41, 5.74) is 4.07. The molecule has 1 aromatic carbocycles. The molecule has 0 atom stereocenters. The number of anilines is 1. The number of hydrogen-bond donors (Lipinski definition) is 1. The van der Waals surface area contributed by atoms with Crippen molar-refractivity contribution < 1.29 is 9.59 Å². The maximum absolute atomic E-state index is 12.3. The molecule has 0 saturated carbocycles. The molecule has 3 rings (SSSR count). The summed E-state index contributed by atoms with van der Waals surface area (Å²) in [6, 6.07) is 6.08. The minimum Gasteiger partial charge on any atom is -0.302 e. The Balaban J connectivity index is 1.73. The lowest BCUT2D eigenvalue weighted by Gasteiger charge is -2.26. The molecule has 1 amide bonds. The number of aromatic nitrogens is 1. The van der Waals surface area contributed by atoms with Crippen molar-refractivity contribution in [2.75, 3.05) is 5.32 Å². The fourth-order valence-corrected chi connectivity index (χ4v) is 4.09. The number of carbonyl (C=O) groups excluding carboxylic acids is 2. The van der Waals surface area contributed by atoms with Crippen LogP contribution in [0.3, 0.4) is 0 Å². The summed E-state index contributed by atoms with van der Waals surface area (Å²) in [5.74, 6) is 0.0355. The molecule has 0 spiro atoms. The van der Waals surface area contributed by atoms with Crippen LogP contribution in [0.4, 0.5) is 5.13 Å². The number of amides is 1. The highest BCUT2D eigenvalue weighted by molar-refractivity contribution is 7.17. The predicted octanol–water partition coefficient (Wildman–Crippen LogP) is 4.10. The fraction of sp³-hybridized carbons (Fsp3) is 0.421. The van der Waals surface area contributed by atoms with Crippen LogP contribution >= 0.6 is 11.3 Å². The first-order valence-electron chi connectivity index (χ1n) is 8.12. The topological polar surface area (TPSA) is 59.1 Å². The summed E-state index contributed by atoms with van der Waals surface area (Å²) in [5, 5.41) is 3.38. The number of Topliss-reactive ketones (excluding diaryl/α,β-unsaturated/α-hetero) is 1. The maximum Gasteiger partial charge on any atom is 0.230 e. The highest BCUT2D eigenvalue weighted by atomic mass is 32.1. The van der Waals surface area contributed by atoms with Crippen LogP contribution in [0.5, 0.6) is 0 Å². The molecule has 1 N–H and O–H groups in total. The van der Waals surface area contributed by atoms with Crippen LogP contribution in [-0.4, -0.2) is 16.7 Å². The lowest BCUT2D eigenvalue weighted by molar-refractivity contribution is -0.115. The molecule has 1 aliphatic carbocycles. The lowest BCUT2D eigenvalue weighted by atomic mass is 9.78. The molecule has 0 aliphatic heterocycles. The van der Waals surface area contributed by atoms with Gasteiger partial charge in [-0.25, -0.2) is 4.98 Å². The predicted molar refractivity (Wildman–Crippen MR) is 96.8 cm³/mol. The van der Waals surface area contributed by atoms with Gasteiger partial charge in [-0.3, -0.25) is 9.59 Å². The van der Waals surface area contributed by atoms with Gasteiger partial charge in [0, 0.05) is 6.42 Å². The Labute approximate surface area is 146 Å². The van der Waals surface area contributed by atoms with Crippen LogP contribution in [-0.2, 0) is 17.6 Å². The zero-order valence-electron chi connectivity index (χ0n) is 14.5. The number of benzene rings is 1. The molecule has 0 radical (unpaired) electrons. The van der Waals surface area contributed by atoms with E-state index in [0.717, 1.165) is 23.2 Å². The molecule has 1 aliphatic rings. The number of rotatable bonds is 3. The van der Waals surface area contributed by atoms with Gasteiger partial charge in [0.15, 0.2) is 10.9 Å². The van der Waals surface area contributed by atoms with Crippen LogP contribution in [0, 0.1) is 19.3 Å². The van der Waals surface area contributed by atoms with Crippen molar-refractivity contribution in [2.45, 2.75) is 47.0 Å². The second-order valence-electron chi connectivity index (χ2n) is 7.39. The third-order valence-electron chi connectivity index (χ3n) is 4.33. The zero-order chi connectivity index (χ0) is 17.5. The van der Waals surface area contributed by atoms with Gasteiger partial charge >= 0.3 is 0 Å². The van der Waals surface area contributed by atoms with E-state index in [9.17, 15) is 9.59 Å². The molecule has 126 valence electrons. The Morgan fingerprint density at radius 3 is 2.75 bits per heavy atom. The van der Waals surface area contributed by atoms with Gasteiger partial charge in [0.05, 0.1) is 17.0 Å². The Hall–Kier alpha value is -2.01. The summed E-state index contributed by atoms with van der Waals surface area (Å²) in [7, 11) is 0. The number of ketones is 1. The fourth-order valence-electron chi connectivity index (χ4n) is 3.15. The van der Waals surface area contributed by atoms with E-state index < -0.39 is 0 Å². The van der Waals surface area contributed by atoms with Crippen LogP contribution in [0.25, 0.3) is 0 Å². The molecule has 0 unspecified atom stereocenters. The first kappa shape index (κ1) is 16.8. The number of nitrogens with zero attached hydrogens (tertiary/aromatic N) is 1. The SMILES string of the molecule is Cc1ccc(CC(=O)Nc2nc3c(s2)C(=O)CC(C)(C)C3)c(C)c1. The average Bonchev–Trinajstić information content (AvgIpc) is 2.83. The zero-order valence-corrected chi connectivity index (χ0v) is 15.3. The number of carbonyl (C=O) groups is 2. The monoisotopic (exact) mass is 342 g/mol. The molecule has 0 bridgehead atoms. The first-order valence-corrected chi connectivity index (χ1v) is 8.94. The Morgan fingerprint density at radius 2 is 2.04 bits per heavy atom. The van der Waals surface area contributed by atoms with Gasteiger partial charge in [0.25, 0.3) is 0 Å². The van der Waals surface area contributed by atoms with Gasteiger partial charge in [-0.2, -0.15) is 0 Å². The van der Waals surface area contributed by atoms with Gasteiger partial charge < -0.3 is 5.32 Å². The van der Waals surface area contributed by atoms with Crippen LogP contribution in [0.1, 0.15) is 52.3 Å². The van der Waals surface area contributed by atoms with E-state index in [4.69, 9.17) is 0 Å². The quantitative estimate of drug-likeness (QED) is 0.914. The first-order chi connectivity index (χ1) is 11.2. The standard InChI is InChI=1S/C19H22N2O2S/c1-11-5-6-13(12(2)7-11)8-16(23)21-18-20-14-9-19(3,4)10-15(22)17(14)24-18/h5-7H,8-10H2,1-4H3,(H,20,21,23). The number of thiazole rings is 1. The minimum atomic E-state index is -0.0974. The minimum absolute atomic E-state index is 0.0571. The molecule has 0 fully saturated rings. The molecule has 5 heteroatoms. The summed E-state index contributed by atoms with van der Waals surface area (Å²) < 4.78 is 0. The lowest BCUT2D eigenvalue weighted by Crippen LogP contribution is -2.26. The van der Waals surface area contributed by atoms with Gasteiger partial charge in [-0.05, 0) is 36.8 Å². The normalized spacial score (nSPS) is 15.9. The average molecular weight is 342 g/mol. The number of fused-ring (bicyclic) bond motifs is 1. The van der Waals surface area contributed by atoms with Gasteiger partial charge in [0.1, 0.15) is 0 Å². The Kier molecular flexibility index (Phi) is 4.30. The molecule has 0 saturated heterocycles. The molecular weight excluding hydrogens is 320 g/mol. The van der Waals surface area contributed by atoms with E-state index in [1.54, 1.807) is 0 Å². The summed E-state index contributed by atoms with van der Waals surface area (Å²) in [6.45, 7) is 8.20. The van der Waals surface area contributed by atoms with Gasteiger partial charge in [-0.15, -0.1) is 0 Å². The van der Waals surface area contributed by atoms with Crippen molar-refractivity contribution in [3.05, 3.63) is 45.5 Å². The van der Waals surface area contributed by atoms with Gasteiger partial charge in [0.2, 0.25) is 5.91 Å². The molecule has 2 aromatic rings. The summed E-state index contributed by atoms with van der Waals surface area (Å²) in [6.07, 6.45) is 1.63. The highest BCUT2D eigenvalue weighted by Crippen LogP contribution is 2.38. The van der Waals surface area contributed by atoms with E-state index in [0.29, 0.717) is 22.9 Å². The van der Waals surface area contributed by atoms with E-state index in [2.05, 4.69) is 30.2 Å². The number of aryl methyl sites for hydroxylation is 2. The van der Waals surface area contributed by atoms with Crippen LogP contribution in [0.2, 0.25) is 0 Å². The molecule has 1 heterocycles. The van der Waals surface area contributed by atoms with Crippen LogP contribution in [0.15, 0.2) is 18.2 Å². The highest BCUT2D eigenvalue weighted by Gasteiger charge is 2.34. The third kappa shape index (κ3) is 3.56. The van der Waals surface area contributed by atoms with Crippen molar-refractivity contribution in [1.82, 2.24) is 4.98 Å². The molecule has 1 aromatic heterocycles. The molecular formula is C19H22N2O2S. The van der Waals surface area contributed by atoms with Crippen molar-refractivity contribution in [3.8, 4) is 0 Å². The number of nitrogens with one attached hydrogen (secondary N) is 1. The van der Waals surface area contributed by atoms with Crippen LogP contribution < -0.4 is 5.32 Å². The van der Waals surface area contributed by atoms with Crippen molar-refractivity contribution in [3.63, 3.8) is 0 Å². The second-order valence-corrected chi connectivity index (χ2v) is 8.39. The van der Waals surface area contributed by atoms with Gasteiger partial charge in [-0.1, -0.05) is 48.9 Å². The largest absolute Gasteiger partial charge is 0.302 e. The molecule has 24 heavy (non-hydrogen) atoms. The summed E-state index contributed by atoms with van der Waals surface area (Å²) in [4.78, 5) is 29.7. The number of hydrogen-bond acceptors (Lipinski definition) is 4. The van der Waals surface area contributed by atoms with E-state index in [-0.39, 0.29) is 17.1 Å². The smallest absolute Gasteiger partial charge is 0.230 e.